The van der Waals surface area contributed by atoms with Crippen LogP contribution in [0.1, 0.15) is 35.7 Å². The summed E-state index contributed by atoms with van der Waals surface area (Å²) in [5, 5.41) is 9.38. The van der Waals surface area contributed by atoms with E-state index >= 15 is 0 Å². The number of nitrogens with zero attached hydrogens (tertiary/aromatic N) is 3. The number of halogens is 1. The average Bonchev–Trinajstić information content (AvgIpc) is 2.80. The van der Waals surface area contributed by atoms with Crippen LogP contribution in [0.5, 0.6) is 0 Å². The fraction of sp³-hybridized carbons (Fsp3) is 0.467. The Labute approximate surface area is 131 Å². The lowest BCUT2D eigenvalue weighted by atomic mass is 10.00. The van der Waals surface area contributed by atoms with Crippen LogP contribution in [-0.4, -0.2) is 38.4 Å². The van der Waals surface area contributed by atoms with Gasteiger partial charge in [0.2, 0.25) is 0 Å². The second kappa shape index (κ2) is 5.77. The summed E-state index contributed by atoms with van der Waals surface area (Å²) >= 11 is 3.41. The highest BCUT2D eigenvalue weighted by molar-refractivity contribution is 9.10. The molecule has 2 aromatic rings. The first-order valence-corrected chi connectivity index (χ1v) is 7.95. The molecule has 5 nitrogen and oxygen atoms in total. The van der Waals surface area contributed by atoms with Crippen LogP contribution in [0.3, 0.4) is 0 Å². The van der Waals surface area contributed by atoms with E-state index in [0.29, 0.717) is 11.6 Å². The quantitative estimate of drug-likeness (QED) is 0.923. The van der Waals surface area contributed by atoms with E-state index in [-0.39, 0.29) is 5.56 Å². The summed E-state index contributed by atoms with van der Waals surface area (Å²) in [7, 11) is 0. The van der Waals surface area contributed by atoms with E-state index in [0.717, 1.165) is 29.8 Å². The largest absolute Gasteiger partial charge is 0.478 e. The van der Waals surface area contributed by atoms with E-state index in [2.05, 4.69) is 32.7 Å². The standard InChI is InChI=1S/C15H18BrN3O2/c1-10-3-2-4-18(7-10)8-11-5-12(15(20)21)14-17-6-13(16)19(14)9-11/h5-6,9-10H,2-4,7-8H2,1H3,(H,20,21)/t10-/m0/s1. The number of likely N-dealkylation sites (tertiary alicyclic amines) is 1. The molecule has 0 amide bonds. The molecular formula is C15H18BrN3O2. The summed E-state index contributed by atoms with van der Waals surface area (Å²) in [6.07, 6.45) is 6.10. The van der Waals surface area contributed by atoms with Gasteiger partial charge in [0.1, 0.15) is 10.2 Å². The van der Waals surface area contributed by atoms with Crippen molar-refractivity contribution in [2.45, 2.75) is 26.3 Å². The van der Waals surface area contributed by atoms with E-state index in [9.17, 15) is 9.90 Å². The molecule has 1 fully saturated rings. The summed E-state index contributed by atoms with van der Waals surface area (Å²) in [5.74, 6) is -0.228. The van der Waals surface area contributed by atoms with Crippen molar-refractivity contribution in [2.24, 2.45) is 5.92 Å². The number of aromatic carboxylic acids is 1. The normalized spacial score (nSPS) is 20.0. The molecule has 6 heteroatoms. The van der Waals surface area contributed by atoms with Crippen molar-refractivity contribution in [2.75, 3.05) is 13.1 Å². The van der Waals surface area contributed by atoms with Crippen molar-refractivity contribution < 1.29 is 9.90 Å². The van der Waals surface area contributed by atoms with Crippen LogP contribution >= 0.6 is 15.9 Å². The average molecular weight is 352 g/mol. The fourth-order valence-corrected chi connectivity index (χ4v) is 3.42. The lowest BCUT2D eigenvalue weighted by Gasteiger charge is -2.30. The molecule has 1 N–H and O–H groups in total. The molecule has 3 heterocycles. The maximum absolute atomic E-state index is 11.4. The van der Waals surface area contributed by atoms with E-state index in [1.165, 1.54) is 12.8 Å². The Morgan fingerprint density at radius 2 is 2.38 bits per heavy atom. The molecule has 1 atom stereocenters. The van der Waals surface area contributed by atoms with Crippen LogP contribution in [0.15, 0.2) is 23.1 Å². The van der Waals surface area contributed by atoms with E-state index in [1.807, 2.05) is 6.20 Å². The minimum atomic E-state index is -0.938. The SMILES string of the molecule is C[C@H]1CCCN(Cc2cc(C(=O)O)c3ncc(Br)n3c2)C1. The highest BCUT2D eigenvalue weighted by atomic mass is 79.9. The summed E-state index contributed by atoms with van der Waals surface area (Å²) in [5.41, 5.74) is 1.74. The number of pyridine rings is 1. The Bertz CT molecular complexity index is 683. The van der Waals surface area contributed by atoms with Gasteiger partial charge in [0.15, 0.2) is 5.65 Å². The van der Waals surface area contributed by atoms with Crippen LogP contribution in [0.25, 0.3) is 5.65 Å². The third-order valence-corrected chi connectivity index (χ3v) is 4.58. The highest BCUT2D eigenvalue weighted by Gasteiger charge is 2.19. The lowest BCUT2D eigenvalue weighted by Crippen LogP contribution is -2.33. The van der Waals surface area contributed by atoms with Gasteiger partial charge in [-0.2, -0.15) is 0 Å². The molecule has 0 bridgehead atoms. The monoisotopic (exact) mass is 351 g/mol. The molecular weight excluding hydrogens is 334 g/mol. The number of carboxylic acids is 1. The van der Waals surface area contributed by atoms with Crippen molar-refractivity contribution in [1.82, 2.24) is 14.3 Å². The molecule has 0 aromatic carbocycles. The maximum Gasteiger partial charge on any atom is 0.339 e. The van der Waals surface area contributed by atoms with Gasteiger partial charge in [0, 0.05) is 19.3 Å². The van der Waals surface area contributed by atoms with Crippen molar-refractivity contribution in [3.05, 3.63) is 34.2 Å². The number of fused-ring (bicyclic) bond motifs is 1. The minimum absolute atomic E-state index is 0.253. The zero-order chi connectivity index (χ0) is 15.0. The van der Waals surface area contributed by atoms with Crippen LogP contribution < -0.4 is 0 Å². The zero-order valence-corrected chi connectivity index (χ0v) is 13.5. The molecule has 0 radical (unpaired) electrons. The molecule has 1 saturated heterocycles. The molecule has 0 aliphatic carbocycles. The van der Waals surface area contributed by atoms with Gasteiger partial charge in [-0.3, -0.25) is 9.30 Å². The maximum atomic E-state index is 11.4. The van der Waals surface area contributed by atoms with E-state index < -0.39 is 5.97 Å². The molecule has 2 aromatic heterocycles. The third-order valence-electron chi connectivity index (χ3n) is 3.99. The second-order valence-electron chi connectivity index (χ2n) is 5.82. The van der Waals surface area contributed by atoms with Gasteiger partial charge in [-0.15, -0.1) is 0 Å². The van der Waals surface area contributed by atoms with Crippen molar-refractivity contribution in [1.29, 1.82) is 0 Å². The van der Waals surface area contributed by atoms with Crippen LogP contribution in [0.4, 0.5) is 0 Å². The first-order valence-electron chi connectivity index (χ1n) is 7.15. The molecule has 0 unspecified atom stereocenters. The third kappa shape index (κ3) is 2.96. The fourth-order valence-electron chi connectivity index (χ4n) is 3.05. The summed E-state index contributed by atoms with van der Waals surface area (Å²) in [6, 6.07) is 1.75. The Kier molecular flexibility index (Phi) is 3.99. The first-order chi connectivity index (χ1) is 10.0. The summed E-state index contributed by atoms with van der Waals surface area (Å²) in [6.45, 7) is 5.21. The Balaban J connectivity index is 1.94. The molecule has 3 rings (SSSR count). The number of aromatic nitrogens is 2. The predicted molar refractivity (Wildman–Crippen MR) is 83.5 cm³/mol. The van der Waals surface area contributed by atoms with Gasteiger partial charge >= 0.3 is 5.97 Å². The molecule has 0 saturated carbocycles. The highest BCUT2D eigenvalue weighted by Crippen LogP contribution is 2.22. The number of carbonyl (C=O) groups is 1. The first kappa shape index (κ1) is 14.5. The van der Waals surface area contributed by atoms with Gasteiger partial charge in [-0.05, 0) is 52.9 Å². The minimum Gasteiger partial charge on any atom is -0.478 e. The van der Waals surface area contributed by atoms with Gasteiger partial charge in [0.05, 0.1) is 6.20 Å². The smallest absolute Gasteiger partial charge is 0.339 e. The Hall–Kier alpha value is -1.40. The number of carboxylic acid groups (broad SMARTS) is 1. The number of hydrogen-bond donors (Lipinski definition) is 1. The molecule has 112 valence electrons. The summed E-state index contributed by atoms with van der Waals surface area (Å²) in [4.78, 5) is 18.0. The molecule has 0 spiro atoms. The van der Waals surface area contributed by atoms with Crippen LogP contribution in [0.2, 0.25) is 0 Å². The topological polar surface area (TPSA) is 57.8 Å². The number of rotatable bonds is 3. The molecule has 1 aliphatic rings. The second-order valence-corrected chi connectivity index (χ2v) is 6.64. The number of imidazole rings is 1. The number of hydrogen-bond acceptors (Lipinski definition) is 3. The van der Waals surface area contributed by atoms with Crippen molar-refractivity contribution in [3.63, 3.8) is 0 Å². The molecule has 1 aliphatic heterocycles. The number of piperidine rings is 1. The van der Waals surface area contributed by atoms with Crippen molar-refractivity contribution in [3.8, 4) is 0 Å². The Morgan fingerprint density at radius 1 is 1.57 bits per heavy atom. The van der Waals surface area contributed by atoms with Gasteiger partial charge in [-0.1, -0.05) is 6.92 Å². The van der Waals surface area contributed by atoms with Gasteiger partial charge < -0.3 is 5.11 Å². The van der Waals surface area contributed by atoms with Crippen LogP contribution in [-0.2, 0) is 6.54 Å². The van der Waals surface area contributed by atoms with Gasteiger partial charge in [-0.25, -0.2) is 9.78 Å². The lowest BCUT2D eigenvalue weighted by molar-refractivity contribution is 0.0698. The molecule has 21 heavy (non-hydrogen) atoms. The van der Waals surface area contributed by atoms with E-state index in [1.54, 1.807) is 16.7 Å². The predicted octanol–water partition coefficient (Wildman–Crippen LogP) is 3.03. The summed E-state index contributed by atoms with van der Waals surface area (Å²) < 4.78 is 2.57. The van der Waals surface area contributed by atoms with Gasteiger partial charge in [0.25, 0.3) is 0 Å². The van der Waals surface area contributed by atoms with Crippen molar-refractivity contribution >= 4 is 27.5 Å². The Morgan fingerprint density at radius 3 is 3.10 bits per heavy atom. The van der Waals surface area contributed by atoms with Crippen LogP contribution in [0, 0.1) is 5.92 Å². The zero-order valence-electron chi connectivity index (χ0n) is 11.9. The van der Waals surface area contributed by atoms with E-state index in [4.69, 9.17) is 0 Å².